The second-order valence-electron chi connectivity index (χ2n) is 14.1. The number of rotatable bonds is 6. The summed E-state index contributed by atoms with van der Waals surface area (Å²) in [5, 5.41) is 18.9. The van der Waals surface area contributed by atoms with Crippen LogP contribution in [0, 0.1) is 23.6 Å². The molecule has 4 aromatic rings. The summed E-state index contributed by atoms with van der Waals surface area (Å²) in [6.07, 6.45) is 1.69. The van der Waals surface area contributed by atoms with Crippen molar-refractivity contribution in [1.29, 1.82) is 0 Å². The maximum absolute atomic E-state index is 14.5. The van der Waals surface area contributed by atoms with E-state index in [2.05, 4.69) is 10.2 Å². The van der Waals surface area contributed by atoms with Gasteiger partial charge in [-0.3, -0.25) is 24.1 Å². The number of aromatic hydroxyl groups is 1. The van der Waals surface area contributed by atoms with Crippen molar-refractivity contribution < 1.29 is 28.7 Å². The van der Waals surface area contributed by atoms with E-state index in [1.807, 2.05) is 43.3 Å². The molecule has 0 unspecified atom stereocenters. The van der Waals surface area contributed by atoms with E-state index >= 15 is 0 Å². The molecule has 1 N–H and O–H groups in total. The number of hydrogen-bond donors (Lipinski definition) is 1. The molecule has 0 radical (unpaired) electrons. The highest BCUT2D eigenvalue weighted by Crippen LogP contribution is 2.66. The van der Waals surface area contributed by atoms with Crippen LogP contribution in [0.3, 0.4) is 0 Å². The molecule has 2 aliphatic carbocycles. The first kappa shape index (κ1) is 35.9. The predicted octanol–water partition coefficient (Wildman–Crippen LogP) is 8.43. The summed E-state index contributed by atoms with van der Waals surface area (Å²) >= 11 is 21.5. The summed E-state index contributed by atoms with van der Waals surface area (Å²) in [6, 6.07) is 23.1. The summed E-state index contributed by atoms with van der Waals surface area (Å²) in [5.41, 5.74) is 3.43. The van der Waals surface area contributed by atoms with Gasteiger partial charge in [0.2, 0.25) is 11.8 Å². The van der Waals surface area contributed by atoms with Gasteiger partial charge < -0.3 is 10.0 Å². The van der Waals surface area contributed by atoms with Gasteiger partial charge in [0.25, 0.3) is 11.8 Å². The van der Waals surface area contributed by atoms with Gasteiger partial charge in [-0.25, -0.2) is 9.29 Å². The van der Waals surface area contributed by atoms with Crippen molar-refractivity contribution in [3.63, 3.8) is 0 Å². The van der Waals surface area contributed by atoms with Crippen molar-refractivity contribution in [3.8, 4) is 5.75 Å². The van der Waals surface area contributed by atoms with Gasteiger partial charge in [-0.15, -0.1) is 23.2 Å². The maximum Gasteiger partial charge on any atom is 0.258 e. The van der Waals surface area contributed by atoms with Crippen molar-refractivity contribution in [3.05, 3.63) is 119 Å². The summed E-state index contributed by atoms with van der Waals surface area (Å²) in [6.45, 7) is 0. The van der Waals surface area contributed by atoms with Crippen molar-refractivity contribution in [1.82, 2.24) is 0 Å². The van der Waals surface area contributed by atoms with E-state index in [0.29, 0.717) is 28.2 Å². The first-order valence-corrected chi connectivity index (χ1v) is 18.3. The number of phenols is 1. The average molecular weight is 787 g/mol. The number of amides is 4. The topological polar surface area (TPSA) is 123 Å². The second-order valence-corrected chi connectivity index (χ2v) is 15.7. The number of halogens is 4. The minimum Gasteiger partial charge on any atom is -0.508 e. The van der Waals surface area contributed by atoms with E-state index in [1.54, 1.807) is 30.3 Å². The van der Waals surface area contributed by atoms with Gasteiger partial charge in [0.05, 0.1) is 34.6 Å². The van der Waals surface area contributed by atoms with Crippen LogP contribution in [0.4, 0.5) is 32.8 Å². The first-order valence-electron chi connectivity index (χ1n) is 17.1. The monoisotopic (exact) mass is 785 g/mol. The van der Waals surface area contributed by atoms with Crippen LogP contribution in [0.15, 0.2) is 113 Å². The lowest BCUT2D eigenvalue weighted by Gasteiger charge is -2.50. The average Bonchev–Trinajstić information content (AvgIpc) is 3.49. The number of fused-ring (bicyclic) bond motifs is 4. The molecule has 14 heteroatoms. The van der Waals surface area contributed by atoms with Gasteiger partial charge in [-0.1, -0.05) is 29.3 Å². The number of imide groups is 2. The summed E-state index contributed by atoms with van der Waals surface area (Å²) in [5.74, 6) is -6.98. The second kappa shape index (κ2) is 13.0. The molecule has 3 fully saturated rings. The molecule has 0 bridgehead atoms. The predicted molar refractivity (Wildman–Crippen MR) is 204 cm³/mol. The van der Waals surface area contributed by atoms with E-state index in [9.17, 15) is 28.7 Å². The molecule has 0 spiro atoms. The number of carbonyl (C=O) groups excluding carboxylic acids is 4. The minimum atomic E-state index is -2.15. The SMILES string of the molecule is CN(C)c1ccc(N=Nc2ccc(N3C(=O)[C@H]4[C@H](CC=C5[C@H]4C[C@@]4(Cl)C(=O)N(c6ccc(F)cc6)C(=O)[C@@]4(Cl)[C@H]5c4ccc(O)cc4Cl)C3=O)cc2)cc1. The normalized spacial score (nSPS) is 27.6. The van der Waals surface area contributed by atoms with E-state index in [0.717, 1.165) is 27.6 Å². The Morgan fingerprint density at radius 2 is 1.37 bits per heavy atom. The lowest BCUT2D eigenvalue weighted by atomic mass is 9.56. The fraction of sp³-hybridized carbons (Fsp3) is 0.250. The molecular formula is C40H31Cl3FN5O5. The Labute approximate surface area is 324 Å². The van der Waals surface area contributed by atoms with Crippen LogP contribution in [0.5, 0.6) is 5.75 Å². The lowest BCUT2D eigenvalue weighted by Crippen LogP contribution is -2.60. The molecule has 10 nitrogen and oxygen atoms in total. The molecule has 4 amide bonds. The molecule has 2 heterocycles. The number of allylic oxidation sites excluding steroid dienone is 2. The molecule has 6 atom stereocenters. The van der Waals surface area contributed by atoms with Crippen molar-refractivity contribution >= 4 is 86.9 Å². The number of anilines is 3. The lowest BCUT2D eigenvalue weighted by molar-refractivity contribution is -0.125. The zero-order valence-electron chi connectivity index (χ0n) is 28.8. The molecular weight excluding hydrogens is 756 g/mol. The van der Waals surface area contributed by atoms with Gasteiger partial charge in [0.1, 0.15) is 11.6 Å². The number of azo groups is 1. The first-order chi connectivity index (χ1) is 25.7. The van der Waals surface area contributed by atoms with E-state index in [-0.39, 0.29) is 29.3 Å². The quantitative estimate of drug-likeness (QED) is 0.0907. The van der Waals surface area contributed by atoms with Crippen LogP contribution in [0.25, 0.3) is 0 Å². The Kier molecular flexibility index (Phi) is 8.67. The van der Waals surface area contributed by atoms with Gasteiger partial charge in [0, 0.05) is 30.7 Å². The highest BCUT2D eigenvalue weighted by atomic mass is 35.5. The third kappa shape index (κ3) is 5.35. The Hall–Kier alpha value is -5.10. The highest BCUT2D eigenvalue weighted by molar-refractivity contribution is 6.58. The zero-order valence-corrected chi connectivity index (χ0v) is 31.1. The van der Waals surface area contributed by atoms with Gasteiger partial charge in [-0.2, -0.15) is 10.2 Å². The Morgan fingerprint density at radius 1 is 0.778 bits per heavy atom. The molecule has 2 aliphatic heterocycles. The number of carbonyl (C=O) groups is 4. The number of nitrogens with zero attached hydrogens (tertiary/aromatic N) is 5. The summed E-state index contributed by atoms with van der Waals surface area (Å²) in [7, 11) is 3.89. The van der Waals surface area contributed by atoms with Crippen LogP contribution >= 0.6 is 34.8 Å². The Bertz CT molecular complexity index is 2300. The Morgan fingerprint density at radius 3 is 1.98 bits per heavy atom. The van der Waals surface area contributed by atoms with E-state index in [4.69, 9.17) is 34.8 Å². The zero-order chi connectivity index (χ0) is 38.3. The van der Waals surface area contributed by atoms with Crippen LogP contribution in [-0.2, 0) is 19.2 Å². The molecule has 2 saturated heterocycles. The molecule has 4 aliphatic rings. The van der Waals surface area contributed by atoms with Crippen molar-refractivity contribution in [2.45, 2.75) is 28.5 Å². The smallest absolute Gasteiger partial charge is 0.258 e. The fourth-order valence-electron chi connectivity index (χ4n) is 8.35. The van der Waals surface area contributed by atoms with E-state index < -0.39 is 62.9 Å². The fourth-order valence-corrected chi connectivity index (χ4v) is 9.56. The third-order valence-corrected chi connectivity index (χ3v) is 12.7. The standard InChI is InChI=1S/C40H31Cl3FN5O5/c1-47(2)24-11-5-22(6-12-24)45-46-23-7-13-25(14-8-23)48-35(51)30-18-17-28-31(33(30)36(48)52)20-39(42)37(53)49(26-9-3-21(44)4-10-26)38(54)40(39,43)34(28)29-16-15-27(50)19-32(29)41/h3-17,19,30-31,33-34,50H,18,20H2,1-2H3/t30-,31+,33-,34+,39+,40-/m0/s1. The number of benzene rings is 4. The van der Waals surface area contributed by atoms with Gasteiger partial charge >= 0.3 is 0 Å². The van der Waals surface area contributed by atoms with Crippen LogP contribution in [0.2, 0.25) is 5.02 Å². The minimum absolute atomic E-state index is 0.0569. The number of phenolic OH excluding ortho intramolecular Hbond substituents is 1. The molecule has 0 aromatic heterocycles. The van der Waals surface area contributed by atoms with Crippen LogP contribution in [-0.4, -0.2) is 52.6 Å². The molecule has 4 aromatic carbocycles. The molecule has 54 heavy (non-hydrogen) atoms. The third-order valence-electron chi connectivity index (χ3n) is 10.9. The largest absolute Gasteiger partial charge is 0.508 e. The van der Waals surface area contributed by atoms with Crippen LogP contribution < -0.4 is 14.7 Å². The van der Waals surface area contributed by atoms with E-state index in [1.165, 1.54) is 30.3 Å². The van der Waals surface area contributed by atoms with Crippen molar-refractivity contribution in [2.75, 3.05) is 28.8 Å². The van der Waals surface area contributed by atoms with Crippen molar-refractivity contribution in [2.24, 2.45) is 28.0 Å². The summed E-state index contributed by atoms with van der Waals surface area (Å²) < 4.78 is 13.9. The maximum atomic E-state index is 14.5. The molecule has 274 valence electrons. The highest BCUT2D eigenvalue weighted by Gasteiger charge is 2.76. The molecule has 1 saturated carbocycles. The van der Waals surface area contributed by atoms with Gasteiger partial charge in [-0.05, 0) is 109 Å². The number of alkyl halides is 2. The number of hydrogen-bond acceptors (Lipinski definition) is 8. The van der Waals surface area contributed by atoms with Crippen LogP contribution in [0.1, 0.15) is 24.3 Å². The summed E-state index contributed by atoms with van der Waals surface area (Å²) in [4.78, 5) is 57.1. The Balaban J connectivity index is 1.15. The van der Waals surface area contributed by atoms with Gasteiger partial charge in [0.15, 0.2) is 9.75 Å². The molecule has 8 rings (SSSR count).